The lowest BCUT2D eigenvalue weighted by molar-refractivity contribution is -0.185. The number of hydrogen-bond donors (Lipinski definition) is 0. The Morgan fingerprint density at radius 1 is 1.25 bits per heavy atom. The molecule has 1 rings (SSSR count). The quantitative estimate of drug-likeness (QED) is 0.749. The molecule has 0 fully saturated rings. The minimum atomic E-state index is -4.47. The maximum absolute atomic E-state index is 11.7. The van der Waals surface area contributed by atoms with Crippen LogP contribution in [-0.4, -0.2) is 18.8 Å². The zero-order valence-corrected chi connectivity index (χ0v) is 8.67. The van der Waals surface area contributed by atoms with Gasteiger partial charge in [-0.05, 0) is 12.5 Å². The molecule has 1 aromatic rings. The molecule has 0 aliphatic rings. The standard InChI is InChI=1S/C11H11F3O2/c1-8-2-4-9(5-3-8)6-10(15)16-7-11(12,13)14/h2-5H,6-7H2,1H3. The van der Waals surface area contributed by atoms with Gasteiger partial charge in [0.1, 0.15) is 0 Å². The highest BCUT2D eigenvalue weighted by molar-refractivity contribution is 5.72. The molecular weight excluding hydrogens is 221 g/mol. The van der Waals surface area contributed by atoms with Crippen LogP contribution < -0.4 is 0 Å². The number of ether oxygens (including phenoxy) is 1. The summed E-state index contributed by atoms with van der Waals surface area (Å²) in [6.07, 6.45) is -4.61. The van der Waals surface area contributed by atoms with Gasteiger partial charge < -0.3 is 4.74 Å². The van der Waals surface area contributed by atoms with Gasteiger partial charge in [0.15, 0.2) is 6.61 Å². The molecule has 0 aromatic heterocycles. The summed E-state index contributed by atoms with van der Waals surface area (Å²) < 4.78 is 39.3. The zero-order chi connectivity index (χ0) is 12.2. The van der Waals surface area contributed by atoms with Crippen molar-refractivity contribution in [2.75, 3.05) is 6.61 Å². The summed E-state index contributed by atoms with van der Waals surface area (Å²) >= 11 is 0. The Hall–Kier alpha value is -1.52. The van der Waals surface area contributed by atoms with Gasteiger partial charge in [-0.1, -0.05) is 29.8 Å². The first kappa shape index (κ1) is 12.5. The molecule has 0 heterocycles. The Labute approximate surface area is 91.0 Å². The highest BCUT2D eigenvalue weighted by Crippen LogP contribution is 2.15. The fourth-order valence-corrected chi connectivity index (χ4v) is 1.09. The van der Waals surface area contributed by atoms with Crippen LogP contribution in [0.5, 0.6) is 0 Å². The van der Waals surface area contributed by atoms with Gasteiger partial charge >= 0.3 is 12.1 Å². The highest BCUT2D eigenvalue weighted by atomic mass is 19.4. The number of benzene rings is 1. The van der Waals surface area contributed by atoms with Gasteiger partial charge in [-0.3, -0.25) is 4.79 Å². The van der Waals surface area contributed by atoms with Gasteiger partial charge in [0.25, 0.3) is 0 Å². The topological polar surface area (TPSA) is 26.3 Å². The van der Waals surface area contributed by atoms with Gasteiger partial charge in [0.2, 0.25) is 0 Å². The molecule has 0 bridgehead atoms. The summed E-state index contributed by atoms with van der Waals surface area (Å²) in [6, 6.07) is 6.94. The fourth-order valence-electron chi connectivity index (χ4n) is 1.09. The molecule has 1 aromatic carbocycles. The third kappa shape index (κ3) is 4.82. The summed E-state index contributed by atoms with van der Waals surface area (Å²) in [7, 11) is 0. The van der Waals surface area contributed by atoms with E-state index < -0.39 is 18.8 Å². The maximum Gasteiger partial charge on any atom is 0.422 e. The molecule has 0 saturated heterocycles. The molecule has 0 unspecified atom stereocenters. The maximum atomic E-state index is 11.7. The minimum Gasteiger partial charge on any atom is -0.456 e. The molecular formula is C11H11F3O2. The lowest BCUT2D eigenvalue weighted by atomic mass is 10.1. The first-order valence-electron chi connectivity index (χ1n) is 4.65. The normalized spacial score (nSPS) is 11.2. The molecule has 5 heteroatoms. The summed E-state index contributed by atoms with van der Waals surface area (Å²) in [5, 5.41) is 0. The van der Waals surface area contributed by atoms with E-state index in [2.05, 4.69) is 4.74 Å². The predicted octanol–water partition coefficient (Wildman–Crippen LogP) is 2.64. The van der Waals surface area contributed by atoms with Crippen LogP contribution in [0.25, 0.3) is 0 Å². The van der Waals surface area contributed by atoms with Crippen molar-refractivity contribution < 1.29 is 22.7 Å². The van der Waals surface area contributed by atoms with E-state index in [4.69, 9.17) is 0 Å². The van der Waals surface area contributed by atoms with Gasteiger partial charge in [-0.15, -0.1) is 0 Å². The van der Waals surface area contributed by atoms with Crippen molar-refractivity contribution in [1.82, 2.24) is 0 Å². The van der Waals surface area contributed by atoms with Crippen molar-refractivity contribution in [2.45, 2.75) is 19.5 Å². The number of carbonyl (C=O) groups is 1. The second kappa shape index (κ2) is 5.01. The van der Waals surface area contributed by atoms with Crippen molar-refractivity contribution >= 4 is 5.97 Å². The van der Waals surface area contributed by atoms with E-state index in [1.165, 1.54) is 0 Å². The summed E-state index contributed by atoms with van der Waals surface area (Å²) in [4.78, 5) is 11.0. The van der Waals surface area contributed by atoms with Crippen molar-refractivity contribution in [3.63, 3.8) is 0 Å². The third-order valence-electron chi connectivity index (χ3n) is 1.87. The first-order chi connectivity index (χ1) is 7.37. The molecule has 2 nitrogen and oxygen atoms in total. The Kier molecular flexibility index (Phi) is 3.93. The number of halogens is 3. The van der Waals surface area contributed by atoms with Crippen LogP contribution >= 0.6 is 0 Å². The number of carbonyl (C=O) groups excluding carboxylic acids is 1. The lowest BCUT2D eigenvalue weighted by Crippen LogP contribution is -2.21. The molecule has 16 heavy (non-hydrogen) atoms. The monoisotopic (exact) mass is 232 g/mol. The zero-order valence-electron chi connectivity index (χ0n) is 8.67. The van der Waals surface area contributed by atoms with E-state index >= 15 is 0 Å². The Morgan fingerprint density at radius 2 is 1.81 bits per heavy atom. The Balaban J connectivity index is 2.43. The number of hydrogen-bond acceptors (Lipinski definition) is 2. The van der Waals surface area contributed by atoms with Crippen molar-refractivity contribution in [3.05, 3.63) is 35.4 Å². The van der Waals surface area contributed by atoms with Gasteiger partial charge in [0.05, 0.1) is 6.42 Å². The third-order valence-corrected chi connectivity index (χ3v) is 1.87. The first-order valence-corrected chi connectivity index (χ1v) is 4.65. The van der Waals surface area contributed by atoms with Crippen LogP contribution in [0.3, 0.4) is 0 Å². The molecule has 0 aliphatic carbocycles. The number of rotatable bonds is 3. The number of esters is 1. The van der Waals surface area contributed by atoms with Crippen LogP contribution in [0.4, 0.5) is 13.2 Å². The van der Waals surface area contributed by atoms with Crippen molar-refractivity contribution in [1.29, 1.82) is 0 Å². The second-order valence-corrected chi connectivity index (χ2v) is 3.44. The average molecular weight is 232 g/mol. The summed E-state index contributed by atoms with van der Waals surface area (Å²) in [5.74, 6) is -0.874. The van der Waals surface area contributed by atoms with E-state index in [9.17, 15) is 18.0 Å². The number of alkyl halides is 3. The molecule has 88 valence electrons. The average Bonchev–Trinajstić information content (AvgIpc) is 2.18. The minimum absolute atomic E-state index is 0.143. The molecule has 0 aliphatic heterocycles. The van der Waals surface area contributed by atoms with Crippen LogP contribution in [0, 0.1) is 6.92 Å². The van der Waals surface area contributed by atoms with Crippen LogP contribution in [0.2, 0.25) is 0 Å². The SMILES string of the molecule is Cc1ccc(CC(=O)OCC(F)(F)F)cc1. The van der Waals surface area contributed by atoms with Crippen molar-refractivity contribution in [2.24, 2.45) is 0 Å². The molecule has 0 atom stereocenters. The van der Waals surface area contributed by atoms with Gasteiger partial charge in [-0.25, -0.2) is 0 Å². The van der Waals surface area contributed by atoms with Crippen LogP contribution in [0.15, 0.2) is 24.3 Å². The largest absolute Gasteiger partial charge is 0.456 e. The van der Waals surface area contributed by atoms with E-state index in [0.29, 0.717) is 5.56 Å². The Bertz CT molecular complexity index is 354. The molecule has 0 radical (unpaired) electrons. The van der Waals surface area contributed by atoms with E-state index in [1.54, 1.807) is 24.3 Å². The molecule has 0 amide bonds. The second-order valence-electron chi connectivity index (χ2n) is 3.44. The van der Waals surface area contributed by atoms with Crippen LogP contribution in [0.1, 0.15) is 11.1 Å². The van der Waals surface area contributed by atoms with E-state index in [0.717, 1.165) is 5.56 Å². The highest BCUT2D eigenvalue weighted by Gasteiger charge is 2.29. The van der Waals surface area contributed by atoms with Crippen LogP contribution in [-0.2, 0) is 16.0 Å². The molecule has 0 N–H and O–H groups in total. The van der Waals surface area contributed by atoms with Crippen molar-refractivity contribution in [3.8, 4) is 0 Å². The lowest BCUT2D eigenvalue weighted by Gasteiger charge is -2.07. The summed E-state index contributed by atoms with van der Waals surface area (Å²) in [6.45, 7) is 0.351. The van der Waals surface area contributed by atoms with E-state index in [-0.39, 0.29) is 6.42 Å². The van der Waals surface area contributed by atoms with Gasteiger partial charge in [0, 0.05) is 0 Å². The van der Waals surface area contributed by atoms with Gasteiger partial charge in [-0.2, -0.15) is 13.2 Å². The predicted molar refractivity (Wildman–Crippen MR) is 51.9 cm³/mol. The Morgan fingerprint density at radius 3 is 2.31 bits per heavy atom. The smallest absolute Gasteiger partial charge is 0.422 e. The summed E-state index contributed by atoms with van der Waals surface area (Å²) in [5.41, 5.74) is 1.66. The fraction of sp³-hybridized carbons (Fsp3) is 0.364. The number of aryl methyl sites for hydroxylation is 1. The van der Waals surface area contributed by atoms with E-state index in [1.807, 2.05) is 6.92 Å². The molecule has 0 saturated carbocycles. The molecule has 0 spiro atoms.